The summed E-state index contributed by atoms with van der Waals surface area (Å²) < 4.78 is 0. The van der Waals surface area contributed by atoms with Crippen LogP contribution in [0, 0.1) is 11.8 Å². The van der Waals surface area contributed by atoms with E-state index in [0.29, 0.717) is 11.8 Å². The number of thioether (sulfide) groups is 1. The van der Waals surface area contributed by atoms with E-state index in [1.807, 2.05) is 4.90 Å². The lowest BCUT2D eigenvalue weighted by molar-refractivity contribution is -0.132. The van der Waals surface area contributed by atoms with Gasteiger partial charge in [0.15, 0.2) is 0 Å². The summed E-state index contributed by atoms with van der Waals surface area (Å²) >= 11 is 1.80. The molecule has 2 aliphatic rings. The van der Waals surface area contributed by atoms with Crippen LogP contribution in [0.5, 0.6) is 0 Å². The molecule has 98 valence electrons. The molecule has 4 nitrogen and oxygen atoms in total. The van der Waals surface area contributed by atoms with Crippen molar-refractivity contribution in [3.05, 3.63) is 0 Å². The topological polar surface area (TPSA) is 66.6 Å². The molecule has 2 rings (SSSR count). The van der Waals surface area contributed by atoms with Crippen LogP contribution in [-0.2, 0) is 4.79 Å². The van der Waals surface area contributed by atoms with Crippen molar-refractivity contribution in [2.45, 2.75) is 31.7 Å². The predicted molar refractivity (Wildman–Crippen MR) is 69.5 cm³/mol. The van der Waals surface area contributed by atoms with Crippen molar-refractivity contribution < 1.29 is 9.90 Å². The summed E-state index contributed by atoms with van der Waals surface area (Å²) in [5.41, 5.74) is 6.10. The summed E-state index contributed by atoms with van der Waals surface area (Å²) in [6, 6.07) is -0.326. The van der Waals surface area contributed by atoms with E-state index in [9.17, 15) is 4.79 Å². The van der Waals surface area contributed by atoms with Gasteiger partial charge in [-0.25, -0.2) is 0 Å². The average Bonchev–Trinajstić information content (AvgIpc) is 2.91. The van der Waals surface area contributed by atoms with Crippen LogP contribution in [0.3, 0.4) is 0 Å². The minimum absolute atomic E-state index is 0.127. The molecule has 17 heavy (non-hydrogen) atoms. The minimum Gasteiger partial charge on any atom is -0.396 e. The van der Waals surface area contributed by atoms with Crippen molar-refractivity contribution in [3.63, 3.8) is 0 Å². The summed E-state index contributed by atoms with van der Waals surface area (Å²) in [6.45, 7) is 1.13. The van der Waals surface area contributed by atoms with Crippen LogP contribution in [0.4, 0.5) is 0 Å². The molecule has 0 aromatic carbocycles. The Hall–Kier alpha value is -0.260. The zero-order valence-corrected chi connectivity index (χ0v) is 11.0. The number of carbonyl (C=O) groups excluding carboxylic acids is 1. The van der Waals surface area contributed by atoms with Gasteiger partial charge in [0.25, 0.3) is 0 Å². The Kier molecular flexibility index (Phi) is 4.70. The van der Waals surface area contributed by atoms with E-state index in [1.54, 1.807) is 11.8 Å². The maximum Gasteiger partial charge on any atom is 0.240 e. The van der Waals surface area contributed by atoms with Gasteiger partial charge in [-0.15, -0.1) is 11.8 Å². The van der Waals surface area contributed by atoms with E-state index in [4.69, 9.17) is 10.8 Å². The molecular formula is C12H22N2O2S. The summed E-state index contributed by atoms with van der Waals surface area (Å²) in [5, 5.41) is 9.09. The number of rotatable bonds is 3. The average molecular weight is 258 g/mol. The Balaban J connectivity index is 1.83. The molecule has 1 saturated carbocycles. The van der Waals surface area contributed by atoms with Crippen LogP contribution in [0.15, 0.2) is 0 Å². The molecular weight excluding hydrogens is 236 g/mol. The molecule has 0 unspecified atom stereocenters. The fourth-order valence-corrected chi connectivity index (χ4v) is 3.69. The van der Waals surface area contributed by atoms with Crippen LogP contribution in [-0.4, -0.2) is 46.7 Å². The lowest BCUT2D eigenvalue weighted by Crippen LogP contribution is -2.47. The van der Waals surface area contributed by atoms with Crippen LogP contribution in [0.25, 0.3) is 0 Å². The second-order valence-electron chi connectivity index (χ2n) is 5.13. The fourth-order valence-electron chi connectivity index (χ4n) is 2.73. The van der Waals surface area contributed by atoms with Crippen LogP contribution >= 0.6 is 11.8 Å². The van der Waals surface area contributed by atoms with Gasteiger partial charge in [-0.1, -0.05) is 0 Å². The van der Waals surface area contributed by atoms with Gasteiger partial charge in [0.1, 0.15) is 0 Å². The maximum atomic E-state index is 12.1. The third-order valence-corrected chi connectivity index (χ3v) is 4.97. The maximum absolute atomic E-state index is 12.1. The summed E-state index contributed by atoms with van der Waals surface area (Å²) in [6.07, 6.45) is 3.99. The Morgan fingerprint density at radius 2 is 2.12 bits per heavy atom. The number of nitrogens with zero attached hydrogens (tertiary/aromatic N) is 1. The molecule has 3 N–H and O–H groups in total. The predicted octanol–water partition coefficient (Wildman–Crippen LogP) is 0.645. The van der Waals surface area contributed by atoms with Crippen molar-refractivity contribution in [3.8, 4) is 0 Å². The minimum atomic E-state index is -0.326. The highest BCUT2D eigenvalue weighted by atomic mass is 32.2. The molecule has 1 aliphatic carbocycles. The number of amides is 1. The molecule has 0 bridgehead atoms. The van der Waals surface area contributed by atoms with Gasteiger partial charge in [0.2, 0.25) is 5.91 Å². The van der Waals surface area contributed by atoms with Crippen molar-refractivity contribution in [2.75, 3.05) is 24.8 Å². The standard InChI is InChI=1S/C12H22N2O2S/c13-11(12(16)14-5-6-17-8-14)10-3-1-9(7-15)2-4-10/h9-11,15H,1-8,13H2/t9?,10?,11-/m0/s1. The van der Waals surface area contributed by atoms with E-state index in [1.165, 1.54) is 0 Å². The molecule has 0 spiro atoms. The second kappa shape index (κ2) is 6.07. The molecule has 1 heterocycles. The molecule has 0 aromatic rings. The molecule has 1 atom stereocenters. The van der Waals surface area contributed by atoms with E-state index < -0.39 is 0 Å². The number of nitrogens with two attached hydrogens (primary N) is 1. The molecule has 0 aromatic heterocycles. The second-order valence-corrected chi connectivity index (χ2v) is 6.20. The first-order valence-corrected chi connectivity index (χ1v) is 7.61. The monoisotopic (exact) mass is 258 g/mol. The zero-order valence-electron chi connectivity index (χ0n) is 10.2. The largest absolute Gasteiger partial charge is 0.396 e. The summed E-state index contributed by atoms with van der Waals surface area (Å²) in [4.78, 5) is 14.0. The number of aliphatic hydroxyl groups is 1. The highest BCUT2D eigenvalue weighted by Crippen LogP contribution is 2.31. The third-order valence-electron chi connectivity index (χ3n) is 4.01. The van der Waals surface area contributed by atoms with Gasteiger partial charge >= 0.3 is 0 Å². The van der Waals surface area contributed by atoms with Crippen LogP contribution < -0.4 is 5.73 Å². The van der Waals surface area contributed by atoms with Gasteiger partial charge in [0, 0.05) is 18.9 Å². The van der Waals surface area contributed by atoms with Gasteiger partial charge in [-0.2, -0.15) is 0 Å². The van der Waals surface area contributed by atoms with Crippen LogP contribution in [0.2, 0.25) is 0 Å². The quantitative estimate of drug-likeness (QED) is 0.780. The molecule has 1 aliphatic heterocycles. The normalized spacial score (nSPS) is 31.5. The molecule has 2 fully saturated rings. The fraction of sp³-hybridized carbons (Fsp3) is 0.917. The van der Waals surface area contributed by atoms with Gasteiger partial charge in [-0.3, -0.25) is 4.79 Å². The first-order chi connectivity index (χ1) is 8.22. The highest BCUT2D eigenvalue weighted by molar-refractivity contribution is 7.99. The van der Waals surface area contributed by atoms with Crippen LogP contribution in [0.1, 0.15) is 25.7 Å². The zero-order chi connectivity index (χ0) is 12.3. The van der Waals surface area contributed by atoms with Crippen molar-refractivity contribution >= 4 is 17.7 Å². The van der Waals surface area contributed by atoms with Gasteiger partial charge in [0.05, 0.1) is 11.9 Å². The first kappa shape index (κ1) is 13.2. The van der Waals surface area contributed by atoms with Gasteiger partial charge in [-0.05, 0) is 37.5 Å². The number of carbonyl (C=O) groups is 1. The number of hydrogen-bond acceptors (Lipinski definition) is 4. The lowest BCUT2D eigenvalue weighted by Gasteiger charge is -2.32. The Bertz CT molecular complexity index is 261. The van der Waals surface area contributed by atoms with Crippen molar-refractivity contribution in [2.24, 2.45) is 17.6 Å². The number of aliphatic hydroxyl groups excluding tert-OH is 1. The molecule has 0 radical (unpaired) electrons. The SMILES string of the molecule is N[C@H](C(=O)N1CCSC1)C1CCC(CO)CC1. The Labute approximate surface area is 107 Å². The molecule has 5 heteroatoms. The summed E-state index contributed by atoms with van der Waals surface area (Å²) in [7, 11) is 0. The van der Waals surface area contributed by atoms with Gasteiger partial charge < -0.3 is 15.7 Å². The summed E-state index contributed by atoms with van der Waals surface area (Å²) in [5.74, 6) is 2.71. The van der Waals surface area contributed by atoms with E-state index in [0.717, 1.165) is 43.9 Å². The first-order valence-electron chi connectivity index (χ1n) is 6.45. The highest BCUT2D eigenvalue weighted by Gasteiger charge is 2.32. The molecule has 1 amide bonds. The third kappa shape index (κ3) is 3.14. The Morgan fingerprint density at radius 1 is 1.41 bits per heavy atom. The number of hydrogen-bond donors (Lipinski definition) is 2. The molecule has 1 saturated heterocycles. The lowest BCUT2D eigenvalue weighted by atomic mass is 9.78. The van der Waals surface area contributed by atoms with E-state index >= 15 is 0 Å². The smallest absolute Gasteiger partial charge is 0.240 e. The van der Waals surface area contributed by atoms with Crippen molar-refractivity contribution in [1.82, 2.24) is 4.90 Å². The van der Waals surface area contributed by atoms with E-state index in [-0.39, 0.29) is 18.6 Å². The van der Waals surface area contributed by atoms with E-state index in [2.05, 4.69) is 0 Å². The Morgan fingerprint density at radius 3 is 2.65 bits per heavy atom. The van der Waals surface area contributed by atoms with Crippen molar-refractivity contribution in [1.29, 1.82) is 0 Å².